The average molecular weight is 717 g/mol. The molecule has 0 aromatic carbocycles. The molecule has 0 heterocycles. The number of nitrogens with one attached hydrogen (secondary N) is 2. The van der Waals surface area contributed by atoms with Gasteiger partial charge in [0, 0.05) is 30.9 Å². The number of rotatable bonds is 18. The molecule has 2 bridgehead atoms. The van der Waals surface area contributed by atoms with E-state index in [0.717, 1.165) is 6.42 Å². The number of hydrogen-bond acceptors (Lipinski definition) is 11. The summed E-state index contributed by atoms with van der Waals surface area (Å²) in [7, 11) is 1.33. The summed E-state index contributed by atoms with van der Waals surface area (Å²) in [6.45, 7) is 20.2. The second-order valence-corrected chi connectivity index (χ2v) is 11.9. The summed E-state index contributed by atoms with van der Waals surface area (Å²) < 4.78 is 33.9. The molecule has 0 radical (unpaired) electrons. The first-order chi connectivity index (χ1) is 23.5. The van der Waals surface area contributed by atoms with Crippen molar-refractivity contribution in [1.29, 1.82) is 0 Å². The van der Waals surface area contributed by atoms with Crippen LogP contribution < -0.4 is 10.6 Å². The van der Waals surface area contributed by atoms with Crippen LogP contribution >= 0.6 is 0 Å². The number of fused-ring (bicyclic) bond motifs is 5. The van der Waals surface area contributed by atoms with Crippen LogP contribution in [-0.4, -0.2) is 104 Å². The van der Waals surface area contributed by atoms with E-state index < -0.39 is 12.1 Å². The SMILES string of the molecule is C.C1CC2C3CCC(C3)C2C1.C=C(C)C(=O)OC.C=C(C)C(=O)OCCNC(=O)OCCOCCOCC.CCCNC(=O)OCCOCC. The highest BCUT2D eigenvalue weighted by Crippen LogP contribution is 2.58. The molecule has 292 valence electrons. The van der Waals surface area contributed by atoms with Crippen molar-refractivity contribution in [1.82, 2.24) is 10.6 Å². The van der Waals surface area contributed by atoms with Crippen LogP contribution in [0, 0.1) is 23.7 Å². The van der Waals surface area contributed by atoms with E-state index in [4.69, 9.17) is 28.4 Å². The maximum atomic E-state index is 11.2. The first-order valence-electron chi connectivity index (χ1n) is 17.6. The molecule has 3 fully saturated rings. The van der Waals surface area contributed by atoms with E-state index in [2.05, 4.69) is 28.5 Å². The van der Waals surface area contributed by atoms with Gasteiger partial charge in [-0.2, -0.15) is 0 Å². The van der Waals surface area contributed by atoms with Crippen LogP contribution in [0.5, 0.6) is 0 Å². The molecule has 3 aliphatic carbocycles. The maximum absolute atomic E-state index is 11.2. The van der Waals surface area contributed by atoms with Crippen LogP contribution in [0.1, 0.15) is 87.0 Å². The molecule has 4 unspecified atom stereocenters. The van der Waals surface area contributed by atoms with Crippen molar-refractivity contribution in [2.24, 2.45) is 23.7 Å². The Bertz CT molecular complexity index is 944. The molecule has 50 heavy (non-hydrogen) atoms. The zero-order valence-electron chi connectivity index (χ0n) is 30.9. The van der Waals surface area contributed by atoms with Crippen molar-refractivity contribution >= 4 is 24.1 Å². The van der Waals surface area contributed by atoms with Gasteiger partial charge in [0.2, 0.25) is 0 Å². The third-order valence-corrected chi connectivity index (χ3v) is 8.06. The molecule has 4 atom stereocenters. The molecule has 0 aliphatic heterocycles. The van der Waals surface area contributed by atoms with Crippen molar-refractivity contribution in [2.45, 2.75) is 87.0 Å². The second kappa shape index (κ2) is 31.8. The molecule has 13 nitrogen and oxygen atoms in total. The zero-order valence-corrected chi connectivity index (χ0v) is 30.9. The minimum Gasteiger partial charge on any atom is -0.466 e. The fourth-order valence-electron chi connectivity index (χ4n) is 5.84. The van der Waals surface area contributed by atoms with E-state index in [9.17, 15) is 19.2 Å². The normalized spacial score (nSPS) is 18.8. The molecule has 0 spiro atoms. The van der Waals surface area contributed by atoms with Crippen molar-refractivity contribution in [3.63, 3.8) is 0 Å². The van der Waals surface area contributed by atoms with E-state index in [0.29, 0.717) is 63.9 Å². The minimum atomic E-state index is -0.579. The Morgan fingerprint density at radius 2 is 1.08 bits per heavy atom. The number of carbonyl (C=O) groups excluding carboxylic acids is 4. The summed E-state index contributed by atoms with van der Waals surface area (Å²) in [6, 6.07) is 0. The van der Waals surface area contributed by atoms with Gasteiger partial charge < -0.3 is 43.8 Å². The van der Waals surface area contributed by atoms with E-state index in [-0.39, 0.29) is 39.2 Å². The Kier molecular flexibility index (Phi) is 31.1. The largest absolute Gasteiger partial charge is 0.466 e. The van der Waals surface area contributed by atoms with Crippen LogP contribution in [0.3, 0.4) is 0 Å². The molecule has 13 heteroatoms. The van der Waals surface area contributed by atoms with Gasteiger partial charge in [0.25, 0.3) is 0 Å². The van der Waals surface area contributed by atoms with Gasteiger partial charge in [0.1, 0.15) is 19.8 Å². The topological polar surface area (TPSA) is 157 Å². The van der Waals surface area contributed by atoms with Crippen LogP contribution in [0.15, 0.2) is 24.3 Å². The maximum Gasteiger partial charge on any atom is 0.407 e. The molecule has 0 aromatic rings. The monoisotopic (exact) mass is 716 g/mol. The number of methoxy groups -OCH3 is 1. The lowest BCUT2D eigenvalue weighted by molar-refractivity contribution is -0.139. The van der Waals surface area contributed by atoms with Gasteiger partial charge in [-0.05, 0) is 89.9 Å². The van der Waals surface area contributed by atoms with Crippen LogP contribution in [-0.2, 0) is 42.7 Å². The van der Waals surface area contributed by atoms with Gasteiger partial charge >= 0.3 is 24.1 Å². The highest BCUT2D eigenvalue weighted by Gasteiger charge is 2.48. The zero-order chi connectivity index (χ0) is 36.9. The van der Waals surface area contributed by atoms with Crippen LogP contribution in [0.25, 0.3) is 0 Å². The first-order valence-corrected chi connectivity index (χ1v) is 17.6. The molecular weight excluding hydrogens is 648 g/mol. The number of alkyl carbamates (subject to hydrolysis) is 2. The quantitative estimate of drug-likeness (QED) is 0.0716. The summed E-state index contributed by atoms with van der Waals surface area (Å²) in [5.41, 5.74) is 0.749. The molecule has 0 aromatic heterocycles. The predicted molar refractivity (Wildman–Crippen MR) is 194 cm³/mol. The third kappa shape index (κ3) is 24.1. The standard InChI is InChI=1S/C13H23NO6.C10H16.C8H17NO3.C5H8O2.CH4/c1-4-17-7-8-18-9-10-20-13(16)14-5-6-19-12(15)11(2)3;1-2-9-7-4-5-8(6-7)10(9)3-1;1-3-5-9-8(10)12-7-6-11-4-2;1-4(2)5(6)7-3;/h2,4-10H2,1,3H3,(H,14,16);7-10H,1-6H2;3-7H2,1-2H3,(H,9,10);1H2,2-3H3;1H4. The van der Waals surface area contributed by atoms with Gasteiger partial charge in [0.15, 0.2) is 0 Å². The highest BCUT2D eigenvalue weighted by atomic mass is 16.6. The van der Waals surface area contributed by atoms with Crippen molar-refractivity contribution < 1.29 is 52.3 Å². The minimum absolute atomic E-state index is 0. The molecular formula is C37H68N2O11. The fourth-order valence-corrected chi connectivity index (χ4v) is 5.84. The molecule has 3 rings (SSSR count). The van der Waals surface area contributed by atoms with E-state index in [1.165, 1.54) is 30.8 Å². The lowest BCUT2D eigenvalue weighted by Gasteiger charge is -2.23. The molecule has 3 saturated carbocycles. The Morgan fingerprint density at radius 3 is 1.52 bits per heavy atom. The summed E-state index contributed by atoms with van der Waals surface area (Å²) in [4.78, 5) is 43.2. The second-order valence-electron chi connectivity index (χ2n) is 11.9. The highest BCUT2D eigenvalue weighted by molar-refractivity contribution is 5.87. The lowest BCUT2D eigenvalue weighted by atomic mass is 9.82. The lowest BCUT2D eigenvalue weighted by Crippen LogP contribution is -2.29. The van der Waals surface area contributed by atoms with Gasteiger partial charge in [-0.3, -0.25) is 0 Å². The number of amides is 2. The Morgan fingerprint density at radius 1 is 0.620 bits per heavy atom. The Labute approximate surface area is 301 Å². The Balaban J connectivity index is 0. The molecule has 2 amide bonds. The van der Waals surface area contributed by atoms with Crippen molar-refractivity contribution in [2.75, 3.05) is 79.7 Å². The van der Waals surface area contributed by atoms with Gasteiger partial charge in [-0.15, -0.1) is 0 Å². The summed E-state index contributed by atoms with van der Waals surface area (Å²) in [5, 5.41) is 5.03. The smallest absolute Gasteiger partial charge is 0.407 e. The summed E-state index contributed by atoms with van der Waals surface area (Å²) in [6.07, 6.45) is 9.51. The average Bonchev–Trinajstić information content (AvgIpc) is 3.85. The van der Waals surface area contributed by atoms with Gasteiger partial charge in [0.05, 0.1) is 40.1 Å². The molecule has 2 N–H and O–H groups in total. The molecule has 3 aliphatic rings. The number of ether oxygens (including phenoxy) is 7. The summed E-state index contributed by atoms with van der Waals surface area (Å²) in [5.74, 6) is 3.97. The van der Waals surface area contributed by atoms with Crippen LogP contribution in [0.4, 0.5) is 9.59 Å². The van der Waals surface area contributed by atoms with Crippen molar-refractivity contribution in [3.8, 4) is 0 Å². The van der Waals surface area contributed by atoms with Crippen molar-refractivity contribution in [3.05, 3.63) is 24.3 Å². The van der Waals surface area contributed by atoms with Gasteiger partial charge in [-0.25, -0.2) is 19.2 Å². The first kappa shape index (κ1) is 49.0. The summed E-state index contributed by atoms with van der Waals surface area (Å²) >= 11 is 0. The fraction of sp³-hybridized carbons (Fsp3) is 0.784. The number of esters is 2. The van der Waals surface area contributed by atoms with E-state index >= 15 is 0 Å². The number of carbonyl (C=O) groups is 4. The van der Waals surface area contributed by atoms with Crippen LogP contribution in [0.2, 0.25) is 0 Å². The Hall–Kier alpha value is -3.16. The van der Waals surface area contributed by atoms with E-state index in [1.807, 2.05) is 20.8 Å². The predicted octanol–water partition coefficient (Wildman–Crippen LogP) is 6.25. The molecule has 0 saturated heterocycles. The number of hydrogen-bond donors (Lipinski definition) is 2. The van der Waals surface area contributed by atoms with Gasteiger partial charge in [-0.1, -0.05) is 33.9 Å². The third-order valence-electron chi connectivity index (χ3n) is 8.06. The van der Waals surface area contributed by atoms with E-state index in [1.54, 1.807) is 52.4 Å².